The van der Waals surface area contributed by atoms with Crippen molar-refractivity contribution in [2.24, 2.45) is 5.73 Å². The van der Waals surface area contributed by atoms with Crippen molar-refractivity contribution in [1.29, 1.82) is 0 Å². The lowest BCUT2D eigenvalue weighted by atomic mass is 10.1. The van der Waals surface area contributed by atoms with Gasteiger partial charge in [0, 0.05) is 0 Å². The van der Waals surface area contributed by atoms with Crippen molar-refractivity contribution in [3.05, 3.63) is 72.1 Å². The molecule has 0 radical (unpaired) electrons. The lowest BCUT2D eigenvalue weighted by Crippen LogP contribution is -2.12. The molecule has 0 bridgehead atoms. The summed E-state index contributed by atoms with van der Waals surface area (Å²) in [4.78, 5) is 15.0. The fourth-order valence-corrected chi connectivity index (χ4v) is 1.75. The first kappa shape index (κ1) is 14.0. The highest BCUT2D eigenvalue weighted by molar-refractivity contribution is 5.72. The molecule has 20 heavy (non-hydrogen) atoms. The molecular weight excluding hydrogens is 252 g/mol. The van der Waals surface area contributed by atoms with Crippen LogP contribution in [0.1, 0.15) is 27.8 Å². The normalized spacial score (nSPS) is 11.7. The van der Waals surface area contributed by atoms with E-state index in [2.05, 4.69) is 11.6 Å². The van der Waals surface area contributed by atoms with Gasteiger partial charge in [0.05, 0.1) is 6.04 Å². The van der Waals surface area contributed by atoms with E-state index in [1.54, 1.807) is 18.2 Å². The van der Waals surface area contributed by atoms with Crippen molar-refractivity contribution in [2.75, 3.05) is 0 Å². The fourth-order valence-electron chi connectivity index (χ4n) is 1.75. The molecule has 0 saturated heterocycles. The number of ether oxygens (including phenoxy) is 1. The first-order chi connectivity index (χ1) is 9.74. The highest BCUT2D eigenvalue weighted by Gasteiger charge is 2.12. The van der Waals surface area contributed by atoms with Crippen LogP contribution < -0.4 is 10.5 Å². The summed E-state index contributed by atoms with van der Waals surface area (Å²) in [7, 11) is 0. The van der Waals surface area contributed by atoms with Crippen LogP contribution >= 0.6 is 0 Å². The number of nitrogens with two attached hydrogens (primary N) is 1. The van der Waals surface area contributed by atoms with Gasteiger partial charge in [-0.05, 0) is 17.7 Å². The molecule has 1 heterocycles. The monoisotopic (exact) mass is 268 g/mol. The molecular formula is C16H16N2O2. The van der Waals surface area contributed by atoms with Crippen molar-refractivity contribution in [2.45, 2.75) is 12.6 Å². The fraction of sp³-hybridized carbons (Fsp3) is 0.125. The highest BCUT2D eigenvalue weighted by Crippen LogP contribution is 2.23. The third kappa shape index (κ3) is 3.30. The third-order valence-corrected chi connectivity index (χ3v) is 2.84. The predicted octanol–water partition coefficient (Wildman–Crippen LogP) is 2.66. The van der Waals surface area contributed by atoms with E-state index < -0.39 is 6.04 Å². The molecule has 0 amide bonds. The molecule has 1 aromatic carbocycles. The number of hydrogen-bond acceptors (Lipinski definition) is 4. The minimum absolute atomic E-state index is 0.323. The maximum Gasteiger partial charge on any atom is 0.168 e. The van der Waals surface area contributed by atoms with Gasteiger partial charge in [0.25, 0.3) is 0 Å². The van der Waals surface area contributed by atoms with Crippen LogP contribution in [0.25, 0.3) is 0 Å². The number of rotatable bonds is 6. The van der Waals surface area contributed by atoms with Gasteiger partial charge in [-0.2, -0.15) is 0 Å². The zero-order chi connectivity index (χ0) is 14.4. The summed E-state index contributed by atoms with van der Waals surface area (Å²) in [5.41, 5.74) is 7.80. The third-order valence-electron chi connectivity index (χ3n) is 2.84. The number of carbonyl (C=O) groups is 1. The van der Waals surface area contributed by atoms with Crippen molar-refractivity contribution >= 4 is 6.29 Å². The highest BCUT2D eigenvalue weighted by atomic mass is 16.5. The molecule has 0 unspecified atom stereocenters. The second-order valence-electron chi connectivity index (χ2n) is 4.27. The minimum atomic E-state index is -0.472. The maximum absolute atomic E-state index is 10.8. The molecule has 1 atom stereocenters. The number of aldehydes is 1. The second kappa shape index (κ2) is 6.63. The topological polar surface area (TPSA) is 65.2 Å². The van der Waals surface area contributed by atoms with Crippen molar-refractivity contribution in [3.8, 4) is 5.75 Å². The molecule has 0 fully saturated rings. The zero-order valence-electron chi connectivity index (χ0n) is 11.0. The van der Waals surface area contributed by atoms with Gasteiger partial charge in [0.2, 0.25) is 0 Å². The molecule has 2 rings (SSSR count). The summed E-state index contributed by atoms with van der Waals surface area (Å²) in [6.07, 6.45) is 2.24. The van der Waals surface area contributed by atoms with Crippen molar-refractivity contribution < 1.29 is 9.53 Å². The van der Waals surface area contributed by atoms with Crippen molar-refractivity contribution in [3.63, 3.8) is 0 Å². The molecule has 1 aromatic heterocycles. The minimum Gasteiger partial charge on any atom is -0.487 e. The Labute approximate surface area is 117 Å². The molecule has 2 aromatic rings. The van der Waals surface area contributed by atoms with E-state index in [4.69, 9.17) is 10.5 Å². The Morgan fingerprint density at radius 3 is 2.65 bits per heavy atom. The van der Waals surface area contributed by atoms with E-state index in [1.165, 1.54) is 0 Å². The first-order valence-corrected chi connectivity index (χ1v) is 6.25. The summed E-state index contributed by atoms with van der Waals surface area (Å²) in [6, 6.07) is 12.6. The smallest absolute Gasteiger partial charge is 0.168 e. The van der Waals surface area contributed by atoms with Gasteiger partial charge < -0.3 is 10.5 Å². The van der Waals surface area contributed by atoms with E-state index in [1.807, 2.05) is 30.3 Å². The SMILES string of the molecule is C=C[C@@H](N)c1nc(C=O)ccc1OCc1ccccc1. The largest absolute Gasteiger partial charge is 0.487 e. The number of carbonyl (C=O) groups excluding carboxylic acids is 1. The Morgan fingerprint density at radius 1 is 1.25 bits per heavy atom. The van der Waals surface area contributed by atoms with Crippen molar-refractivity contribution in [1.82, 2.24) is 4.98 Å². The number of hydrogen-bond donors (Lipinski definition) is 1. The lowest BCUT2D eigenvalue weighted by Gasteiger charge is -2.14. The van der Waals surface area contributed by atoms with Gasteiger partial charge in [-0.25, -0.2) is 4.98 Å². The van der Waals surface area contributed by atoms with Crippen LogP contribution in [0.4, 0.5) is 0 Å². The summed E-state index contributed by atoms with van der Waals surface area (Å²) in [5.74, 6) is 0.562. The average molecular weight is 268 g/mol. The Hall–Kier alpha value is -2.46. The molecule has 0 aliphatic rings. The Kier molecular flexibility index (Phi) is 4.63. The van der Waals surface area contributed by atoms with Crippen LogP contribution in [0.15, 0.2) is 55.1 Å². The van der Waals surface area contributed by atoms with Gasteiger partial charge in [-0.3, -0.25) is 4.79 Å². The predicted molar refractivity (Wildman–Crippen MR) is 77.5 cm³/mol. The van der Waals surface area contributed by atoms with Gasteiger partial charge in [-0.15, -0.1) is 6.58 Å². The van der Waals surface area contributed by atoms with E-state index in [0.29, 0.717) is 30.0 Å². The summed E-state index contributed by atoms with van der Waals surface area (Å²) < 4.78 is 5.74. The second-order valence-corrected chi connectivity index (χ2v) is 4.27. The molecule has 102 valence electrons. The van der Waals surface area contributed by atoms with E-state index in [9.17, 15) is 4.79 Å². The zero-order valence-corrected chi connectivity index (χ0v) is 11.0. The van der Waals surface area contributed by atoms with Crippen LogP contribution in [0.2, 0.25) is 0 Å². The van der Waals surface area contributed by atoms with Gasteiger partial charge in [0.1, 0.15) is 23.7 Å². The summed E-state index contributed by atoms with van der Waals surface area (Å²) in [5, 5.41) is 0. The lowest BCUT2D eigenvalue weighted by molar-refractivity contribution is 0.111. The van der Waals surface area contributed by atoms with Crippen LogP contribution in [0.3, 0.4) is 0 Å². The molecule has 0 saturated carbocycles. The Bertz CT molecular complexity index is 597. The first-order valence-electron chi connectivity index (χ1n) is 6.25. The quantitative estimate of drug-likeness (QED) is 0.646. The molecule has 2 N–H and O–H groups in total. The summed E-state index contributed by atoms with van der Waals surface area (Å²) >= 11 is 0. The summed E-state index contributed by atoms with van der Waals surface area (Å²) in [6.45, 7) is 4.06. The molecule has 4 nitrogen and oxygen atoms in total. The van der Waals surface area contributed by atoms with Gasteiger partial charge >= 0.3 is 0 Å². The van der Waals surface area contributed by atoms with Gasteiger partial charge in [-0.1, -0.05) is 36.4 Å². The number of aromatic nitrogens is 1. The standard InChI is InChI=1S/C16H16N2O2/c1-2-14(17)16-15(9-8-13(10-19)18-16)20-11-12-6-4-3-5-7-12/h2-10,14H,1,11,17H2/t14-/m1/s1. The van der Waals surface area contributed by atoms with Crippen LogP contribution in [-0.2, 0) is 6.61 Å². The molecule has 0 aliphatic carbocycles. The van der Waals surface area contributed by atoms with Crippen LogP contribution in [-0.4, -0.2) is 11.3 Å². The Morgan fingerprint density at radius 2 is 2.00 bits per heavy atom. The maximum atomic E-state index is 10.8. The Balaban J connectivity index is 2.22. The number of benzene rings is 1. The number of nitrogens with zero attached hydrogens (tertiary/aromatic N) is 1. The molecule has 0 aliphatic heterocycles. The van der Waals surface area contributed by atoms with Crippen LogP contribution in [0.5, 0.6) is 5.75 Å². The average Bonchev–Trinajstić information content (AvgIpc) is 2.53. The van der Waals surface area contributed by atoms with E-state index >= 15 is 0 Å². The van der Waals surface area contributed by atoms with Crippen LogP contribution in [0, 0.1) is 0 Å². The van der Waals surface area contributed by atoms with Gasteiger partial charge in [0.15, 0.2) is 6.29 Å². The number of pyridine rings is 1. The van der Waals surface area contributed by atoms with E-state index in [-0.39, 0.29) is 0 Å². The molecule has 0 spiro atoms. The van der Waals surface area contributed by atoms with E-state index in [0.717, 1.165) is 5.56 Å². The molecule has 4 heteroatoms.